The Kier molecular flexibility index (Phi) is 5.84. The van der Waals surface area contributed by atoms with Crippen molar-refractivity contribution in [3.8, 4) is 0 Å². The summed E-state index contributed by atoms with van der Waals surface area (Å²) in [7, 11) is 0. The van der Waals surface area contributed by atoms with Crippen molar-refractivity contribution in [2.24, 2.45) is 0 Å². The molecule has 0 heterocycles. The fourth-order valence-corrected chi connectivity index (χ4v) is 2.27. The van der Waals surface area contributed by atoms with Crippen LogP contribution in [-0.4, -0.2) is 23.3 Å². The number of amides is 2. The highest BCUT2D eigenvalue weighted by atomic mass is 19.1. The first-order chi connectivity index (χ1) is 12.3. The standard InChI is InChI=1S/C17H17FN4O4/c1-10-14(4-3-5-16(10)22(25)26)21-17(24)9-19-15-8-12(20-11(2)23)6-7-13(15)18/h3-8,19H,9H2,1-2H3,(H,20,23)(H,21,24). The number of benzene rings is 2. The van der Waals surface area contributed by atoms with Crippen LogP contribution in [0.3, 0.4) is 0 Å². The molecular weight excluding hydrogens is 343 g/mol. The number of carbonyl (C=O) groups excluding carboxylic acids is 2. The molecule has 0 saturated carbocycles. The molecule has 0 bridgehead atoms. The van der Waals surface area contributed by atoms with E-state index >= 15 is 0 Å². The topological polar surface area (TPSA) is 113 Å². The molecule has 3 N–H and O–H groups in total. The van der Waals surface area contributed by atoms with Gasteiger partial charge in [-0.05, 0) is 31.2 Å². The summed E-state index contributed by atoms with van der Waals surface area (Å²) in [5, 5.41) is 18.6. The lowest BCUT2D eigenvalue weighted by atomic mass is 10.1. The van der Waals surface area contributed by atoms with E-state index in [1.54, 1.807) is 0 Å². The van der Waals surface area contributed by atoms with E-state index in [9.17, 15) is 24.1 Å². The number of anilines is 3. The smallest absolute Gasteiger partial charge is 0.274 e. The van der Waals surface area contributed by atoms with Gasteiger partial charge >= 0.3 is 0 Å². The van der Waals surface area contributed by atoms with E-state index in [2.05, 4.69) is 16.0 Å². The van der Waals surface area contributed by atoms with Crippen molar-refractivity contribution in [3.05, 3.63) is 57.9 Å². The third-order valence-electron chi connectivity index (χ3n) is 3.50. The maximum atomic E-state index is 13.8. The Hall–Kier alpha value is -3.49. The molecule has 0 saturated heterocycles. The third-order valence-corrected chi connectivity index (χ3v) is 3.50. The molecule has 2 aromatic rings. The lowest BCUT2D eigenvalue weighted by Gasteiger charge is -2.11. The van der Waals surface area contributed by atoms with Crippen LogP contribution in [0.4, 0.5) is 27.1 Å². The Morgan fingerprint density at radius 2 is 1.88 bits per heavy atom. The predicted octanol–water partition coefficient (Wildman–Crippen LogP) is 3.05. The quantitative estimate of drug-likeness (QED) is 0.541. The van der Waals surface area contributed by atoms with Crippen LogP contribution in [-0.2, 0) is 9.59 Å². The van der Waals surface area contributed by atoms with Gasteiger partial charge in [-0.15, -0.1) is 0 Å². The summed E-state index contributed by atoms with van der Waals surface area (Å²) in [5.74, 6) is -1.39. The molecule has 136 valence electrons. The van der Waals surface area contributed by atoms with Crippen molar-refractivity contribution in [1.82, 2.24) is 0 Å². The molecule has 0 atom stereocenters. The fraction of sp³-hybridized carbons (Fsp3) is 0.176. The molecule has 0 fully saturated rings. The van der Waals surface area contributed by atoms with Crippen molar-refractivity contribution in [2.75, 3.05) is 22.5 Å². The second-order valence-electron chi connectivity index (χ2n) is 5.48. The molecule has 0 aliphatic carbocycles. The van der Waals surface area contributed by atoms with Crippen molar-refractivity contribution in [3.63, 3.8) is 0 Å². The highest BCUT2D eigenvalue weighted by molar-refractivity contribution is 5.95. The van der Waals surface area contributed by atoms with Gasteiger partial charge in [0.05, 0.1) is 28.4 Å². The Morgan fingerprint density at radius 1 is 1.15 bits per heavy atom. The second kappa shape index (κ2) is 8.06. The van der Waals surface area contributed by atoms with Gasteiger partial charge in [0.15, 0.2) is 0 Å². The molecule has 0 radical (unpaired) electrons. The Labute approximate surface area is 148 Å². The van der Waals surface area contributed by atoms with E-state index in [1.165, 1.54) is 44.2 Å². The summed E-state index contributed by atoms with van der Waals surface area (Å²) in [6.45, 7) is 2.59. The summed E-state index contributed by atoms with van der Waals surface area (Å²) in [4.78, 5) is 33.5. The first kappa shape index (κ1) is 18.8. The SMILES string of the molecule is CC(=O)Nc1ccc(F)c(NCC(=O)Nc2cccc([N+](=O)[O-])c2C)c1. The Morgan fingerprint density at radius 3 is 2.54 bits per heavy atom. The fourth-order valence-electron chi connectivity index (χ4n) is 2.27. The number of hydrogen-bond donors (Lipinski definition) is 3. The zero-order valence-corrected chi connectivity index (χ0v) is 14.1. The molecule has 0 unspecified atom stereocenters. The zero-order valence-electron chi connectivity index (χ0n) is 14.1. The van der Waals surface area contributed by atoms with E-state index < -0.39 is 16.6 Å². The number of nitro benzene ring substituents is 1. The molecule has 26 heavy (non-hydrogen) atoms. The van der Waals surface area contributed by atoms with Crippen LogP contribution in [0.5, 0.6) is 0 Å². The predicted molar refractivity (Wildman–Crippen MR) is 95.7 cm³/mol. The van der Waals surface area contributed by atoms with Gasteiger partial charge in [0.1, 0.15) is 5.82 Å². The minimum atomic E-state index is -0.585. The van der Waals surface area contributed by atoms with Crippen molar-refractivity contribution < 1.29 is 18.9 Å². The molecule has 2 aromatic carbocycles. The number of halogens is 1. The van der Waals surface area contributed by atoms with Crippen LogP contribution < -0.4 is 16.0 Å². The summed E-state index contributed by atoms with van der Waals surface area (Å²) < 4.78 is 13.8. The summed E-state index contributed by atoms with van der Waals surface area (Å²) in [6.07, 6.45) is 0. The van der Waals surface area contributed by atoms with Crippen LogP contribution >= 0.6 is 0 Å². The monoisotopic (exact) mass is 360 g/mol. The molecular formula is C17H17FN4O4. The largest absolute Gasteiger partial charge is 0.374 e. The second-order valence-corrected chi connectivity index (χ2v) is 5.48. The van der Waals surface area contributed by atoms with Gasteiger partial charge in [-0.1, -0.05) is 6.07 Å². The van der Waals surface area contributed by atoms with Crippen molar-refractivity contribution in [2.45, 2.75) is 13.8 Å². The van der Waals surface area contributed by atoms with Crippen LogP contribution in [0.25, 0.3) is 0 Å². The zero-order chi connectivity index (χ0) is 19.3. The molecule has 2 rings (SSSR count). The average Bonchev–Trinajstić information content (AvgIpc) is 2.56. The normalized spacial score (nSPS) is 10.1. The molecule has 0 aromatic heterocycles. The first-order valence-electron chi connectivity index (χ1n) is 7.63. The van der Waals surface area contributed by atoms with Crippen molar-refractivity contribution in [1.29, 1.82) is 0 Å². The van der Waals surface area contributed by atoms with E-state index in [4.69, 9.17) is 0 Å². The molecule has 2 amide bonds. The minimum absolute atomic E-state index is 0.0437. The van der Waals surface area contributed by atoms with Gasteiger partial charge in [-0.25, -0.2) is 4.39 Å². The van der Waals surface area contributed by atoms with Gasteiger partial charge in [-0.2, -0.15) is 0 Å². The Balaban J connectivity index is 2.05. The van der Waals surface area contributed by atoms with Crippen LogP contribution in [0.2, 0.25) is 0 Å². The first-order valence-corrected chi connectivity index (χ1v) is 7.63. The van der Waals surface area contributed by atoms with Crippen LogP contribution in [0.1, 0.15) is 12.5 Å². The molecule has 0 aliphatic heterocycles. The van der Waals surface area contributed by atoms with Gasteiger partial charge in [0.2, 0.25) is 11.8 Å². The molecule has 0 aliphatic rings. The van der Waals surface area contributed by atoms with E-state index in [-0.39, 0.29) is 23.8 Å². The molecule has 8 nitrogen and oxygen atoms in total. The van der Waals surface area contributed by atoms with Crippen molar-refractivity contribution >= 4 is 34.6 Å². The van der Waals surface area contributed by atoms with E-state index in [0.717, 1.165) is 6.07 Å². The molecule has 0 spiro atoms. The highest BCUT2D eigenvalue weighted by Crippen LogP contribution is 2.25. The van der Waals surface area contributed by atoms with Gasteiger partial charge < -0.3 is 16.0 Å². The number of nitrogens with one attached hydrogen (secondary N) is 3. The number of hydrogen-bond acceptors (Lipinski definition) is 5. The highest BCUT2D eigenvalue weighted by Gasteiger charge is 2.15. The maximum absolute atomic E-state index is 13.8. The van der Waals surface area contributed by atoms with Crippen LogP contribution in [0.15, 0.2) is 36.4 Å². The summed E-state index contributed by atoms with van der Waals surface area (Å²) >= 11 is 0. The maximum Gasteiger partial charge on any atom is 0.274 e. The van der Waals surface area contributed by atoms with E-state index in [0.29, 0.717) is 16.9 Å². The molecule has 9 heteroatoms. The average molecular weight is 360 g/mol. The summed E-state index contributed by atoms with van der Waals surface area (Å²) in [5.41, 5.74) is 0.950. The lowest BCUT2D eigenvalue weighted by Crippen LogP contribution is -2.22. The van der Waals surface area contributed by atoms with Crippen LogP contribution in [0, 0.1) is 22.9 Å². The number of nitro groups is 1. The Bertz CT molecular complexity index is 870. The van der Waals surface area contributed by atoms with Gasteiger partial charge in [-0.3, -0.25) is 19.7 Å². The summed E-state index contributed by atoms with van der Waals surface area (Å²) in [6, 6.07) is 8.27. The lowest BCUT2D eigenvalue weighted by molar-refractivity contribution is -0.385. The number of carbonyl (C=O) groups is 2. The van der Waals surface area contributed by atoms with Gasteiger partial charge in [0, 0.05) is 18.7 Å². The third kappa shape index (κ3) is 4.76. The van der Waals surface area contributed by atoms with E-state index in [1.807, 2.05) is 0 Å². The van der Waals surface area contributed by atoms with Gasteiger partial charge in [0.25, 0.3) is 5.69 Å². The number of rotatable bonds is 6. The minimum Gasteiger partial charge on any atom is -0.374 e. The number of nitrogens with zero attached hydrogens (tertiary/aromatic N) is 1.